The van der Waals surface area contributed by atoms with Gasteiger partial charge in [0.05, 0.1) is 50.8 Å². The van der Waals surface area contributed by atoms with Gasteiger partial charge < -0.3 is 20.4 Å². The number of halogens is 1. The number of aliphatic hydroxyl groups excluding tert-OH is 1. The zero-order valence-corrected chi connectivity index (χ0v) is 24.2. The summed E-state index contributed by atoms with van der Waals surface area (Å²) in [5.74, 6) is -1.29. The van der Waals surface area contributed by atoms with Gasteiger partial charge in [0.1, 0.15) is 5.69 Å². The largest absolute Gasteiger partial charge is 0.395 e. The third-order valence-electron chi connectivity index (χ3n) is 5.31. The first-order valence-corrected chi connectivity index (χ1v) is 15.4. The first-order chi connectivity index (χ1) is 20.7. The van der Waals surface area contributed by atoms with Gasteiger partial charge in [-0.05, 0) is 12.1 Å². The average Bonchev–Trinajstić information content (AvgIpc) is 2.91. The van der Waals surface area contributed by atoms with Gasteiger partial charge in [-0.2, -0.15) is 13.7 Å². The molecule has 2 aromatic carbocycles. The third kappa shape index (κ3) is 7.83. The zero-order chi connectivity index (χ0) is 34.0. The lowest BCUT2D eigenvalue weighted by Crippen LogP contribution is -2.43. The van der Waals surface area contributed by atoms with E-state index < -0.39 is 75.0 Å². The minimum absolute atomic E-state index is 0.00845. The van der Waals surface area contributed by atoms with Crippen molar-refractivity contribution >= 4 is 58.9 Å². The number of H-pyrrole nitrogens is 2. The number of nitro benzene ring substituents is 2. The Bertz CT molecular complexity index is 2330. The maximum atomic E-state index is 13.5. The van der Waals surface area contributed by atoms with Crippen LogP contribution in [0.15, 0.2) is 43.4 Å². The molecule has 45 heavy (non-hydrogen) atoms. The molecule has 0 spiro atoms. The fourth-order valence-corrected chi connectivity index (χ4v) is 4.59. The minimum Gasteiger partial charge on any atom is -0.395 e. The molecule has 0 saturated heterocycles. The molecule has 4 aromatic rings. The van der Waals surface area contributed by atoms with E-state index in [0.717, 1.165) is 18.4 Å². The minimum atomic E-state index is -3.93. The third-order valence-corrected chi connectivity index (χ3v) is 6.34. The molecule has 0 unspecified atom stereocenters. The SMILES string of the molecule is CS(=O)(=O)Nn1c(=O)[nH]c2cc([N+](=O)[O-])c(F)cc2c1=O.CS(=O)(=O)Nn1c(=O)[nH]c2cc([N+](=O)[O-])c(NCCO)cc2c1=O. The van der Waals surface area contributed by atoms with E-state index >= 15 is 0 Å². The van der Waals surface area contributed by atoms with Gasteiger partial charge in [-0.15, -0.1) is 0 Å². The highest BCUT2D eigenvalue weighted by Crippen LogP contribution is 2.27. The van der Waals surface area contributed by atoms with Gasteiger partial charge in [0.2, 0.25) is 25.9 Å². The molecule has 2 aromatic heterocycles. The Morgan fingerprint density at radius 2 is 1.22 bits per heavy atom. The van der Waals surface area contributed by atoms with Crippen molar-refractivity contribution in [1.29, 1.82) is 0 Å². The summed E-state index contributed by atoms with van der Waals surface area (Å²) < 4.78 is 58.5. The lowest BCUT2D eigenvalue weighted by molar-refractivity contribution is -0.387. The van der Waals surface area contributed by atoms with E-state index in [-0.39, 0.29) is 44.6 Å². The molecule has 0 aliphatic heterocycles. The maximum absolute atomic E-state index is 13.5. The Morgan fingerprint density at radius 1 is 0.800 bits per heavy atom. The van der Waals surface area contributed by atoms with Crippen molar-refractivity contribution in [3.63, 3.8) is 0 Å². The number of benzene rings is 2. The van der Waals surface area contributed by atoms with E-state index in [9.17, 15) is 60.6 Å². The van der Waals surface area contributed by atoms with Crippen molar-refractivity contribution in [1.82, 2.24) is 19.3 Å². The van der Waals surface area contributed by atoms with E-state index in [2.05, 4.69) is 15.3 Å². The quantitative estimate of drug-likeness (QED) is 0.0805. The van der Waals surface area contributed by atoms with Crippen LogP contribution in [0.25, 0.3) is 21.8 Å². The molecule has 0 saturated carbocycles. The van der Waals surface area contributed by atoms with Crippen LogP contribution < -0.4 is 37.5 Å². The summed E-state index contributed by atoms with van der Waals surface area (Å²) in [4.78, 5) is 75.3. The normalized spacial score (nSPS) is 11.5. The lowest BCUT2D eigenvalue weighted by Gasteiger charge is -2.10. The second-order valence-corrected chi connectivity index (χ2v) is 12.3. The predicted octanol–water partition coefficient (Wildman–Crippen LogP) is -2.25. The molecule has 0 atom stereocenters. The first kappa shape index (κ1) is 33.8. The number of nitrogens with zero attached hydrogens (tertiary/aromatic N) is 4. The molecule has 25 heteroatoms. The second kappa shape index (κ2) is 12.5. The lowest BCUT2D eigenvalue weighted by atomic mass is 10.2. The Kier molecular flexibility index (Phi) is 9.39. The van der Waals surface area contributed by atoms with Crippen LogP contribution >= 0.6 is 0 Å². The summed E-state index contributed by atoms with van der Waals surface area (Å²) in [6, 6.07) is 3.30. The molecule has 0 bridgehead atoms. The van der Waals surface area contributed by atoms with Crippen LogP contribution in [0.5, 0.6) is 0 Å². The molecular formula is C20H20FN9O13S2. The van der Waals surface area contributed by atoms with Crippen LogP contribution in [-0.4, -0.2) is 76.8 Å². The van der Waals surface area contributed by atoms with Gasteiger partial charge in [-0.1, -0.05) is 0 Å². The highest BCUT2D eigenvalue weighted by Gasteiger charge is 2.20. The van der Waals surface area contributed by atoms with Crippen LogP contribution in [0, 0.1) is 26.0 Å². The van der Waals surface area contributed by atoms with Crippen LogP contribution in [-0.2, 0) is 20.0 Å². The monoisotopic (exact) mass is 677 g/mol. The molecule has 0 aliphatic rings. The first-order valence-electron chi connectivity index (χ1n) is 11.6. The number of aliphatic hydroxyl groups is 1. The second-order valence-electron chi connectivity index (χ2n) is 8.80. The summed E-state index contributed by atoms with van der Waals surface area (Å²) in [6.45, 7) is -0.313. The van der Waals surface area contributed by atoms with Crippen LogP contribution in [0.3, 0.4) is 0 Å². The average molecular weight is 678 g/mol. The molecule has 242 valence electrons. The van der Waals surface area contributed by atoms with Crippen molar-refractivity contribution in [3.8, 4) is 0 Å². The highest BCUT2D eigenvalue weighted by atomic mass is 32.2. The molecule has 0 amide bonds. The summed E-state index contributed by atoms with van der Waals surface area (Å²) in [6.07, 6.45) is 1.46. The van der Waals surface area contributed by atoms with E-state index in [0.29, 0.717) is 18.4 Å². The van der Waals surface area contributed by atoms with Gasteiger partial charge in [-0.25, -0.2) is 36.1 Å². The predicted molar refractivity (Wildman–Crippen MR) is 155 cm³/mol. The Labute approximate surface area is 247 Å². The number of hydrogen-bond donors (Lipinski definition) is 6. The Hall–Kier alpha value is -5.69. The number of nitrogens with one attached hydrogen (secondary N) is 5. The standard InChI is InChI=1S/C11H13N5O7S.C9H7FN4O6S/c1-24(22,23)14-15-10(18)6-4-8(12-2-3-17)9(16(20)21)5-7(6)13-11(15)19;1-21(19,20)12-13-8(15)4-2-5(10)7(14(17)18)3-6(4)11-9(13)16/h4-5,12,14,17H,2-3H2,1H3,(H,13,19);2-3,12H,1H3,(H,11,16). The zero-order valence-electron chi connectivity index (χ0n) is 22.6. The number of hydrogen-bond acceptors (Lipinski definition) is 14. The fraction of sp³-hybridized carbons (Fsp3) is 0.200. The summed E-state index contributed by atoms with van der Waals surface area (Å²) in [5, 5.41) is 32.5. The molecule has 0 radical (unpaired) electrons. The molecule has 6 N–H and O–H groups in total. The van der Waals surface area contributed by atoms with Crippen molar-refractivity contribution in [2.45, 2.75) is 0 Å². The van der Waals surface area contributed by atoms with Crippen LogP contribution in [0.2, 0.25) is 0 Å². The van der Waals surface area contributed by atoms with Gasteiger partial charge in [0, 0.05) is 18.7 Å². The molecular weight excluding hydrogens is 657 g/mol. The van der Waals surface area contributed by atoms with Gasteiger partial charge in [0.15, 0.2) is 0 Å². The summed E-state index contributed by atoms with van der Waals surface area (Å²) in [7, 11) is -7.83. The van der Waals surface area contributed by atoms with Gasteiger partial charge >= 0.3 is 17.1 Å². The van der Waals surface area contributed by atoms with Crippen molar-refractivity contribution in [2.75, 3.05) is 40.6 Å². The van der Waals surface area contributed by atoms with Crippen molar-refractivity contribution in [3.05, 3.63) is 92.0 Å². The number of nitro groups is 2. The number of fused-ring (bicyclic) bond motifs is 2. The highest BCUT2D eigenvalue weighted by molar-refractivity contribution is 7.91. The summed E-state index contributed by atoms with van der Waals surface area (Å²) in [5.41, 5.74) is -6.23. The smallest absolute Gasteiger partial charge is 0.348 e. The number of anilines is 1. The topological polar surface area (TPSA) is 321 Å². The molecule has 0 fully saturated rings. The van der Waals surface area contributed by atoms with E-state index in [1.807, 2.05) is 0 Å². The Morgan fingerprint density at radius 3 is 1.62 bits per heavy atom. The number of sulfonamides is 2. The van der Waals surface area contributed by atoms with Crippen molar-refractivity contribution < 1.29 is 36.2 Å². The van der Waals surface area contributed by atoms with Crippen LogP contribution in [0.4, 0.5) is 21.5 Å². The van der Waals surface area contributed by atoms with E-state index in [4.69, 9.17) is 5.11 Å². The number of rotatable bonds is 9. The maximum Gasteiger partial charge on any atom is 0.348 e. The van der Waals surface area contributed by atoms with Gasteiger partial charge in [-0.3, -0.25) is 29.8 Å². The van der Waals surface area contributed by atoms with E-state index in [1.54, 1.807) is 9.66 Å². The summed E-state index contributed by atoms with van der Waals surface area (Å²) >= 11 is 0. The van der Waals surface area contributed by atoms with Crippen molar-refractivity contribution in [2.24, 2.45) is 0 Å². The van der Waals surface area contributed by atoms with Crippen LogP contribution in [0.1, 0.15) is 0 Å². The molecule has 0 aliphatic carbocycles. The Balaban J connectivity index is 0.000000248. The number of aromatic nitrogens is 4. The van der Waals surface area contributed by atoms with Gasteiger partial charge in [0.25, 0.3) is 16.8 Å². The fourth-order valence-electron chi connectivity index (χ4n) is 3.60. The molecule has 2 heterocycles. The van der Waals surface area contributed by atoms with E-state index in [1.165, 1.54) is 0 Å². The number of aromatic amines is 2. The molecule has 22 nitrogen and oxygen atoms in total. The molecule has 4 rings (SSSR count).